The smallest absolute Gasteiger partial charge is 0.303 e. The average Bonchev–Trinajstić information content (AvgIpc) is 2.99. The van der Waals surface area contributed by atoms with Crippen molar-refractivity contribution in [2.45, 2.75) is 72.0 Å². The van der Waals surface area contributed by atoms with Gasteiger partial charge in [-0.2, -0.15) is 0 Å². The van der Waals surface area contributed by atoms with Crippen molar-refractivity contribution >= 4 is 23.5 Å². The molecule has 3 fully saturated rings. The molecule has 0 radical (unpaired) electrons. The van der Waals surface area contributed by atoms with Crippen LogP contribution in [0.3, 0.4) is 0 Å². The van der Waals surface area contributed by atoms with Crippen molar-refractivity contribution in [2.75, 3.05) is 6.61 Å². The number of esters is 2. The number of carbonyl (C=O) groups is 4. The summed E-state index contributed by atoms with van der Waals surface area (Å²) < 4.78 is 10.8. The van der Waals surface area contributed by atoms with Gasteiger partial charge in [-0.25, -0.2) is 0 Å². The van der Waals surface area contributed by atoms with Crippen molar-refractivity contribution in [3.05, 3.63) is 23.8 Å². The molecule has 0 heterocycles. The predicted molar refractivity (Wildman–Crippen MR) is 119 cm³/mol. The summed E-state index contributed by atoms with van der Waals surface area (Å²) in [5, 5.41) is 11.6. The summed E-state index contributed by atoms with van der Waals surface area (Å²) >= 11 is 0. The minimum atomic E-state index is -1.44. The predicted octanol–water partition coefficient (Wildman–Crippen LogP) is 2.95. The standard InChI is InChI=1S/C26H34O7/c1-14-10-18-19-7-9-26(33-16(3)28,22(31)13-32-15(2)27)25(19,5)12-21(30)23(18)24(4)8-6-17(29)11-20(14)24/h6,8,11,14,18-19,21,23,30H,7,9-10,12-13H2,1-5H3/t14-,18-,19-,21-,23+,24-,25-,26-/m0/s1. The van der Waals surface area contributed by atoms with Crippen LogP contribution in [0.15, 0.2) is 23.8 Å². The van der Waals surface area contributed by atoms with Crippen molar-refractivity contribution in [3.8, 4) is 0 Å². The van der Waals surface area contributed by atoms with Crippen LogP contribution >= 0.6 is 0 Å². The molecule has 180 valence electrons. The Balaban J connectivity index is 1.76. The Kier molecular flexibility index (Phi) is 5.71. The van der Waals surface area contributed by atoms with Gasteiger partial charge >= 0.3 is 11.9 Å². The third kappa shape index (κ3) is 3.42. The van der Waals surface area contributed by atoms with E-state index < -0.39 is 46.9 Å². The molecule has 0 unspecified atom stereocenters. The van der Waals surface area contributed by atoms with Crippen LogP contribution in [0, 0.1) is 34.5 Å². The SMILES string of the molecule is CC(=O)OCC(=O)[C@@]1(OC(C)=O)CC[C@H]2[C@@H]3C[C@H](C)C4=CC(=O)C=C[C@]4(C)[C@H]3[C@@H](O)C[C@@]21C. The molecule has 4 aliphatic rings. The summed E-state index contributed by atoms with van der Waals surface area (Å²) in [5.74, 6) is -1.40. The van der Waals surface area contributed by atoms with Crippen LogP contribution in [0.25, 0.3) is 0 Å². The second-order valence-corrected chi connectivity index (χ2v) is 10.9. The highest BCUT2D eigenvalue weighted by Gasteiger charge is 2.70. The van der Waals surface area contributed by atoms with Gasteiger partial charge in [-0.15, -0.1) is 0 Å². The number of ketones is 2. The van der Waals surface area contributed by atoms with Gasteiger partial charge in [0.25, 0.3) is 0 Å². The van der Waals surface area contributed by atoms with Gasteiger partial charge < -0.3 is 14.6 Å². The topological polar surface area (TPSA) is 107 Å². The molecule has 0 bridgehead atoms. The lowest BCUT2D eigenvalue weighted by molar-refractivity contribution is -0.200. The molecule has 0 spiro atoms. The third-order valence-electron chi connectivity index (χ3n) is 9.11. The highest BCUT2D eigenvalue weighted by molar-refractivity contribution is 6.01. The van der Waals surface area contributed by atoms with Crippen LogP contribution in [-0.4, -0.2) is 46.9 Å². The number of carbonyl (C=O) groups excluding carboxylic acids is 4. The van der Waals surface area contributed by atoms with E-state index in [0.29, 0.717) is 12.8 Å². The van der Waals surface area contributed by atoms with E-state index >= 15 is 0 Å². The normalized spacial score (nSPS) is 43.6. The molecule has 7 heteroatoms. The van der Waals surface area contributed by atoms with Gasteiger partial charge in [-0.1, -0.05) is 32.4 Å². The first-order valence-corrected chi connectivity index (χ1v) is 11.9. The van der Waals surface area contributed by atoms with E-state index in [0.717, 1.165) is 12.0 Å². The summed E-state index contributed by atoms with van der Waals surface area (Å²) in [4.78, 5) is 49.1. The Hall–Kier alpha value is -2.28. The summed E-state index contributed by atoms with van der Waals surface area (Å²) in [6, 6.07) is 0. The van der Waals surface area contributed by atoms with E-state index in [1.54, 1.807) is 12.2 Å². The zero-order valence-electron chi connectivity index (χ0n) is 20.1. The second-order valence-electron chi connectivity index (χ2n) is 10.9. The molecular formula is C26H34O7. The Bertz CT molecular complexity index is 964. The zero-order valence-corrected chi connectivity index (χ0v) is 20.1. The number of ether oxygens (including phenoxy) is 2. The van der Waals surface area contributed by atoms with E-state index in [4.69, 9.17) is 9.47 Å². The van der Waals surface area contributed by atoms with Crippen molar-refractivity contribution < 1.29 is 33.8 Å². The van der Waals surface area contributed by atoms with Crippen molar-refractivity contribution in [1.82, 2.24) is 0 Å². The maximum Gasteiger partial charge on any atom is 0.303 e. The maximum atomic E-state index is 13.4. The number of hydrogen-bond donors (Lipinski definition) is 1. The van der Waals surface area contributed by atoms with E-state index in [1.807, 2.05) is 13.0 Å². The first-order chi connectivity index (χ1) is 15.4. The number of Topliss-reactive ketones (excluding diaryl/α,β-unsaturated/α-hetero) is 1. The number of aliphatic hydroxyl groups is 1. The molecule has 3 saturated carbocycles. The average molecular weight is 459 g/mol. The monoisotopic (exact) mass is 458 g/mol. The number of allylic oxidation sites excluding steroid dienone is 4. The highest BCUT2D eigenvalue weighted by atomic mass is 16.6. The quantitative estimate of drug-likeness (QED) is 0.646. The molecule has 0 aromatic heterocycles. The molecule has 33 heavy (non-hydrogen) atoms. The first-order valence-electron chi connectivity index (χ1n) is 11.9. The number of hydrogen-bond acceptors (Lipinski definition) is 7. The Morgan fingerprint density at radius 1 is 1.18 bits per heavy atom. The zero-order chi connectivity index (χ0) is 24.3. The van der Waals surface area contributed by atoms with E-state index in [9.17, 15) is 24.3 Å². The van der Waals surface area contributed by atoms with Crippen molar-refractivity contribution in [1.29, 1.82) is 0 Å². The molecule has 0 amide bonds. The van der Waals surface area contributed by atoms with Crippen molar-refractivity contribution in [2.24, 2.45) is 34.5 Å². The van der Waals surface area contributed by atoms with Crippen LogP contribution in [0.1, 0.15) is 60.3 Å². The fourth-order valence-corrected chi connectivity index (χ4v) is 7.95. The molecular weight excluding hydrogens is 424 g/mol. The number of fused-ring (bicyclic) bond motifs is 5. The van der Waals surface area contributed by atoms with Crippen LogP contribution < -0.4 is 0 Å². The molecule has 0 aliphatic heterocycles. The van der Waals surface area contributed by atoms with Gasteiger partial charge in [0, 0.05) is 30.6 Å². The number of rotatable bonds is 4. The fraction of sp³-hybridized carbons (Fsp3) is 0.692. The first kappa shape index (κ1) is 23.9. The highest BCUT2D eigenvalue weighted by Crippen LogP contribution is 2.68. The Labute approximate surface area is 194 Å². The number of aliphatic hydroxyl groups excluding tert-OH is 1. The lowest BCUT2D eigenvalue weighted by Crippen LogP contribution is -2.63. The lowest BCUT2D eigenvalue weighted by Gasteiger charge is -2.61. The van der Waals surface area contributed by atoms with E-state index in [-0.39, 0.29) is 35.9 Å². The summed E-state index contributed by atoms with van der Waals surface area (Å²) in [6.07, 6.45) is 6.62. The Morgan fingerprint density at radius 3 is 2.52 bits per heavy atom. The van der Waals surface area contributed by atoms with Crippen molar-refractivity contribution in [3.63, 3.8) is 0 Å². The Morgan fingerprint density at radius 2 is 1.88 bits per heavy atom. The summed E-state index contributed by atoms with van der Waals surface area (Å²) in [6.45, 7) is 8.21. The van der Waals surface area contributed by atoms with Gasteiger partial charge in [0.15, 0.2) is 18.0 Å². The molecule has 0 saturated heterocycles. The molecule has 4 rings (SSSR count). The molecule has 1 N–H and O–H groups in total. The van der Waals surface area contributed by atoms with Crippen LogP contribution in [0.2, 0.25) is 0 Å². The van der Waals surface area contributed by atoms with Crippen LogP contribution in [0.5, 0.6) is 0 Å². The van der Waals surface area contributed by atoms with Gasteiger partial charge in [-0.05, 0) is 55.6 Å². The van der Waals surface area contributed by atoms with Gasteiger partial charge in [0.2, 0.25) is 5.78 Å². The maximum absolute atomic E-state index is 13.4. The lowest BCUT2D eigenvalue weighted by atomic mass is 9.44. The van der Waals surface area contributed by atoms with Gasteiger partial charge in [-0.3, -0.25) is 19.2 Å². The van der Waals surface area contributed by atoms with Crippen LogP contribution in [0.4, 0.5) is 0 Å². The third-order valence-corrected chi connectivity index (χ3v) is 9.11. The molecule has 0 aromatic rings. The minimum Gasteiger partial charge on any atom is -0.458 e. The molecule has 4 aliphatic carbocycles. The van der Waals surface area contributed by atoms with Gasteiger partial charge in [0.05, 0.1) is 6.10 Å². The fourth-order valence-electron chi connectivity index (χ4n) is 7.95. The summed E-state index contributed by atoms with van der Waals surface area (Å²) in [7, 11) is 0. The molecule has 7 nitrogen and oxygen atoms in total. The summed E-state index contributed by atoms with van der Waals surface area (Å²) in [5.41, 5.74) is -1.61. The second kappa shape index (κ2) is 7.90. The minimum absolute atomic E-state index is 0.0197. The van der Waals surface area contributed by atoms with Crippen LogP contribution in [-0.2, 0) is 28.7 Å². The van der Waals surface area contributed by atoms with E-state index in [1.165, 1.54) is 13.8 Å². The molecule has 8 atom stereocenters. The van der Waals surface area contributed by atoms with Gasteiger partial charge in [0.1, 0.15) is 0 Å². The molecule has 0 aromatic carbocycles. The largest absolute Gasteiger partial charge is 0.458 e. The van der Waals surface area contributed by atoms with E-state index in [2.05, 4.69) is 13.8 Å².